The van der Waals surface area contributed by atoms with Gasteiger partial charge in [0.05, 0.1) is 16.9 Å². The number of pyridine rings is 1. The number of hydrogen-bond acceptors (Lipinski definition) is 4. The summed E-state index contributed by atoms with van der Waals surface area (Å²) in [6.07, 6.45) is 1.67. The van der Waals surface area contributed by atoms with Gasteiger partial charge in [-0.25, -0.2) is 11.6 Å². The number of aromatic amines is 1. The molecule has 2 N–H and O–H groups in total. The van der Waals surface area contributed by atoms with Gasteiger partial charge in [0.1, 0.15) is 0 Å². The molecule has 3 aromatic rings. The van der Waals surface area contributed by atoms with E-state index in [1.807, 2.05) is 23.6 Å². The molecular formula is C19H20N4OS. The second kappa shape index (κ2) is 7.49. The molecular weight excluding hydrogens is 332 g/mol. The van der Waals surface area contributed by atoms with Crippen molar-refractivity contribution in [3.8, 4) is 11.4 Å². The van der Waals surface area contributed by atoms with E-state index in [1.54, 1.807) is 6.07 Å². The van der Waals surface area contributed by atoms with Crippen LogP contribution in [0.3, 0.4) is 0 Å². The minimum absolute atomic E-state index is 0.0113. The first-order valence-corrected chi connectivity index (χ1v) is 9.16. The molecule has 2 heterocycles. The minimum Gasteiger partial charge on any atom is -0.359 e. The predicted octanol–water partition coefficient (Wildman–Crippen LogP) is 4.32. The monoisotopic (exact) mass is 352 g/mol. The van der Waals surface area contributed by atoms with Crippen molar-refractivity contribution >= 4 is 27.4 Å². The first kappa shape index (κ1) is 17.2. The van der Waals surface area contributed by atoms with Crippen molar-refractivity contribution in [1.82, 2.24) is 9.97 Å². The number of nitrogens with zero attached hydrogens (tertiary/aromatic N) is 2. The maximum atomic E-state index is 12.4. The van der Waals surface area contributed by atoms with E-state index in [0.29, 0.717) is 18.0 Å². The zero-order chi connectivity index (χ0) is 17.8. The maximum Gasteiger partial charge on any atom is 0.215 e. The molecule has 0 saturated heterocycles. The van der Waals surface area contributed by atoms with Crippen LogP contribution in [0.15, 0.2) is 34.4 Å². The van der Waals surface area contributed by atoms with E-state index >= 15 is 0 Å². The SMILES string of the molecule is [C-]#[N+]CCCc1ccc2c(=O)cc(-c3csc(NC(C)C)n3)[nH]c2c1. The highest BCUT2D eigenvalue weighted by Crippen LogP contribution is 2.24. The summed E-state index contributed by atoms with van der Waals surface area (Å²) in [7, 11) is 0. The van der Waals surface area contributed by atoms with Crippen LogP contribution in [-0.4, -0.2) is 22.6 Å². The molecule has 0 aliphatic rings. The van der Waals surface area contributed by atoms with Gasteiger partial charge in [-0.3, -0.25) is 4.79 Å². The number of aromatic nitrogens is 2. The van der Waals surface area contributed by atoms with Crippen LogP contribution in [0.1, 0.15) is 25.8 Å². The molecule has 0 fully saturated rings. The van der Waals surface area contributed by atoms with E-state index in [2.05, 4.69) is 34.0 Å². The fourth-order valence-electron chi connectivity index (χ4n) is 2.67. The highest BCUT2D eigenvalue weighted by molar-refractivity contribution is 7.14. The summed E-state index contributed by atoms with van der Waals surface area (Å²) in [6.45, 7) is 11.5. The van der Waals surface area contributed by atoms with Crippen LogP contribution in [0.25, 0.3) is 27.1 Å². The van der Waals surface area contributed by atoms with Crippen molar-refractivity contribution in [2.75, 3.05) is 11.9 Å². The van der Waals surface area contributed by atoms with Crippen molar-refractivity contribution in [1.29, 1.82) is 0 Å². The maximum absolute atomic E-state index is 12.4. The summed E-state index contributed by atoms with van der Waals surface area (Å²) in [6, 6.07) is 7.75. The third kappa shape index (κ3) is 4.06. The highest BCUT2D eigenvalue weighted by Gasteiger charge is 2.09. The molecule has 0 aliphatic heterocycles. The van der Waals surface area contributed by atoms with Crippen molar-refractivity contribution in [2.45, 2.75) is 32.7 Å². The van der Waals surface area contributed by atoms with E-state index in [1.165, 1.54) is 11.3 Å². The largest absolute Gasteiger partial charge is 0.359 e. The molecule has 0 bridgehead atoms. The molecule has 128 valence electrons. The number of hydrogen-bond donors (Lipinski definition) is 2. The standard InChI is InChI=1S/C19H20N4OS/c1-12(2)21-19-23-17(11-25-19)16-10-18(24)14-7-6-13(5-4-8-20-3)9-15(14)22-16/h6-7,9-12H,4-5,8H2,1-2H3,(H,21,23)(H,22,24). The third-order valence-corrected chi connectivity index (χ3v) is 4.60. The van der Waals surface area contributed by atoms with E-state index in [-0.39, 0.29) is 5.43 Å². The molecule has 25 heavy (non-hydrogen) atoms. The van der Waals surface area contributed by atoms with Crippen molar-refractivity contribution < 1.29 is 0 Å². The van der Waals surface area contributed by atoms with Gasteiger partial charge in [-0.1, -0.05) is 6.07 Å². The quantitative estimate of drug-likeness (QED) is 0.513. The number of anilines is 1. The second-order valence-corrected chi connectivity index (χ2v) is 7.11. The fourth-order valence-corrected chi connectivity index (χ4v) is 3.52. The van der Waals surface area contributed by atoms with Crippen molar-refractivity contribution in [3.05, 3.63) is 56.8 Å². The molecule has 0 unspecified atom stereocenters. The average molecular weight is 352 g/mol. The Hall–Kier alpha value is -2.65. The number of rotatable bonds is 6. The lowest BCUT2D eigenvalue weighted by Gasteiger charge is -2.06. The highest BCUT2D eigenvalue weighted by atomic mass is 32.1. The third-order valence-electron chi connectivity index (χ3n) is 3.82. The van der Waals surface area contributed by atoms with Crippen LogP contribution in [0.2, 0.25) is 0 Å². The first-order chi connectivity index (χ1) is 12.1. The number of H-pyrrole nitrogens is 1. The molecule has 0 saturated carbocycles. The van der Waals surface area contributed by atoms with Crippen LogP contribution >= 0.6 is 11.3 Å². The fraction of sp³-hybridized carbons (Fsp3) is 0.316. The number of nitrogens with one attached hydrogen (secondary N) is 2. The van der Waals surface area contributed by atoms with Gasteiger partial charge in [0.15, 0.2) is 10.6 Å². The average Bonchev–Trinajstić information content (AvgIpc) is 3.02. The topological polar surface area (TPSA) is 62.1 Å². The molecule has 5 nitrogen and oxygen atoms in total. The summed E-state index contributed by atoms with van der Waals surface area (Å²) in [5, 5.41) is 6.74. The van der Waals surface area contributed by atoms with Crippen LogP contribution < -0.4 is 10.7 Å². The predicted molar refractivity (Wildman–Crippen MR) is 104 cm³/mol. The number of benzene rings is 1. The number of aryl methyl sites for hydroxylation is 1. The Balaban J connectivity index is 1.95. The van der Waals surface area contributed by atoms with E-state index in [9.17, 15) is 4.79 Å². The van der Waals surface area contributed by atoms with Crippen LogP contribution in [0.4, 0.5) is 5.13 Å². The second-order valence-electron chi connectivity index (χ2n) is 6.25. The molecule has 0 amide bonds. The Labute approximate surface area is 150 Å². The molecule has 1 aromatic carbocycles. The Morgan fingerprint density at radius 1 is 1.36 bits per heavy atom. The lowest BCUT2D eigenvalue weighted by atomic mass is 10.1. The lowest BCUT2D eigenvalue weighted by molar-refractivity contribution is 0.892. The van der Waals surface area contributed by atoms with Crippen LogP contribution in [0, 0.1) is 6.57 Å². The van der Waals surface area contributed by atoms with Crippen molar-refractivity contribution in [3.63, 3.8) is 0 Å². The first-order valence-electron chi connectivity index (χ1n) is 8.28. The smallest absolute Gasteiger partial charge is 0.215 e. The lowest BCUT2D eigenvalue weighted by Crippen LogP contribution is -2.09. The van der Waals surface area contributed by atoms with Gasteiger partial charge >= 0.3 is 0 Å². The van der Waals surface area contributed by atoms with Gasteiger partial charge in [0, 0.05) is 29.3 Å². The van der Waals surface area contributed by atoms with Crippen LogP contribution in [-0.2, 0) is 6.42 Å². The normalized spacial score (nSPS) is 11.0. The molecule has 0 radical (unpaired) electrons. The molecule has 0 atom stereocenters. The Morgan fingerprint density at radius 2 is 2.20 bits per heavy atom. The van der Waals surface area contributed by atoms with E-state index < -0.39 is 0 Å². The minimum atomic E-state index is -0.0113. The van der Waals surface area contributed by atoms with E-state index in [0.717, 1.165) is 40.4 Å². The van der Waals surface area contributed by atoms with Gasteiger partial charge < -0.3 is 15.1 Å². The number of fused-ring (bicyclic) bond motifs is 1. The number of thiazole rings is 1. The summed E-state index contributed by atoms with van der Waals surface area (Å²) in [5.41, 5.74) is 3.43. The van der Waals surface area contributed by atoms with Crippen LogP contribution in [0.5, 0.6) is 0 Å². The molecule has 0 aliphatic carbocycles. The van der Waals surface area contributed by atoms with Gasteiger partial charge in [-0.05, 0) is 38.0 Å². The summed E-state index contributed by atoms with van der Waals surface area (Å²) in [4.78, 5) is 23.7. The Kier molecular flexibility index (Phi) is 5.15. The molecule has 3 rings (SSSR count). The zero-order valence-corrected chi connectivity index (χ0v) is 15.1. The Morgan fingerprint density at radius 3 is 2.96 bits per heavy atom. The molecule has 6 heteroatoms. The van der Waals surface area contributed by atoms with Gasteiger partial charge in [-0.15, -0.1) is 11.3 Å². The van der Waals surface area contributed by atoms with Gasteiger partial charge in [-0.2, -0.15) is 0 Å². The Bertz CT molecular complexity index is 981. The molecule has 2 aromatic heterocycles. The molecule has 0 spiro atoms. The summed E-state index contributed by atoms with van der Waals surface area (Å²) >= 11 is 1.53. The van der Waals surface area contributed by atoms with Crippen molar-refractivity contribution in [2.24, 2.45) is 0 Å². The summed E-state index contributed by atoms with van der Waals surface area (Å²) < 4.78 is 0. The van der Waals surface area contributed by atoms with Gasteiger partial charge in [0.2, 0.25) is 6.54 Å². The zero-order valence-electron chi connectivity index (χ0n) is 14.3. The van der Waals surface area contributed by atoms with E-state index in [4.69, 9.17) is 6.57 Å². The van der Waals surface area contributed by atoms with Gasteiger partial charge in [0.25, 0.3) is 0 Å². The summed E-state index contributed by atoms with van der Waals surface area (Å²) in [5.74, 6) is 0.